The molecule has 3 aromatic rings. The van der Waals surface area contributed by atoms with E-state index in [4.69, 9.17) is 4.74 Å². The number of amides is 2. The highest BCUT2D eigenvalue weighted by atomic mass is 32.1. The number of benzene rings is 1. The third-order valence-corrected chi connectivity index (χ3v) is 7.64. The molecule has 7 nitrogen and oxygen atoms in total. The number of carbonyl (C=O) groups is 2. The van der Waals surface area contributed by atoms with Gasteiger partial charge in [-0.1, -0.05) is 12.1 Å². The normalized spacial score (nSPS) is 18.5. The Kier molecular flexibility index (Phi) is 6.03. The van der Waals surface area contributed by atoms with Crippen molar-refractivity contribution in [3.8, 4) is 11.8 Å². The average molecular weight is 473 g/mol. The van der Waals surface area contributed by atoms with E-state index in [0.29, 0.717) is 36.5 Å². The molecule has 0 radical (unpaired) electrons. The topological polar surface area (TPSA) is 95.3 Å². The van der Waals surface area contributed by atoms with Gasteiger partial charge in [-0.3, -0.25) is 14.6 Å². The largest absolute Gasteiger partial charge is 0.497 e. The summed E-state index contributed by atoms with van der Waals surface area (Å²) >= 11 is 1.41. The second kappa shape index (κ2) is 9.27. The van der Waals surface area contributed by atoms with Crippen molar-refractivity contribution >= 4 is 28.2 Å². The van der Waals surface area contributed by atoms with Gasteiger partial charge in [0, 0.05) is 29.7 Å². The molecule has 5 rings (SSSR count). The van der Waals surface area contributed by atoms with Crippen molar-refractivity contribution in [3.05, 3.63) is 75.9 Å². The zero-order valence-corrected chi connectivity index (χ0v) is 19.6. The maximum Gasteiger partial charge on any atom is 0.228 e. The van der Waals surface area contributed by atoms with Crippen molar-refractivity contribution in [3.63, 3.8) is 0 Å². The molecule has 172 valence electrons. The van der Waals surface area contributed by atoms with E-state index in [9.17, 15) is 14.9 Å². The first kappa shape index (κ1) is 22.1. The summed E-state index contributed by atoms with van der Waals surface area (Å²) in [6.45, 7) is 1.03. The number of hydrogen-bond donors (Lipinski definition) is 1. The molecular formula is C26H24N4O3S. The summed E-state index contributed by atoms with van der Waals surface area (Å²) < 4.78 is 5.29. The number of fused-ring (bicyclic) bond motifs is 1. The summed E-state index contributed by atoms with van der Waals surface area (Å²) in [6.07, 6.45) is 5.09. The lowest BCUT2D eigenvalue weighted by atomic mass is 10.0. The van der Waals surface area contributed by atoms with Gasteiger partial charge >= 0.3 is 0 Å². The van der Waals surface area contributed by atoms with E-state index in [1.54, 1.807) is 19.5 Å². The molecule has 0 bridgehead atoms. The molecule has 1 N–H and O–H groups in total. The molecule has 3 heterocycles. The number of ether oxygens (including phenoxy) is 1. The van der Waals surface area contributed by atoms with Crippen LogP contribution in [0.1, 0.15) is 39.5 Å². The number of hydrogen-bond acceptors (Lipinski definition) is 6. The molecule has 1 aromatic carbocycles. The van der Waals surface area contributed by atoms with Crippen LogP contribution >= 0.6 is 11.3 Å². The van der Waals surface area contributed by atoms with Crippen molar-refractivity contribution in [2.24, 2.45) is 5.92 Å². The van der Waals surface area contributed by atoms with Crippen molar-refractivity contribution in [1.82, 2.24) is 9.88 Å². The van der Waals surface area contributed by atoms with Gasteiger partial charge in [-0.15, -0.1) is 11.3 Å². The number of nitrogens with one attached hydrogen (secondary N) is 1. The molecule has 1 saturated carbocycles. The summed E-state index contributed by atoms with van der Waals surface area (Å²) in [5.41, 5.74) is 3.51. The van der Waals surface area contributed by atoms with Gasteiger partial charge in [0.15, 0.2) is 0 Å². The minimum absolute atomic E-state index is 0.0495. The molecule has 2 aliphatic rings. The predicted molar refractivity (Wildman–Crippen MR) is 129 cm³/mol. The van der Waals surface area contributed by atoms with E-state index in [-0.39, 0.29) is 23.7 Å². The van der Waals surface area contributed by atoms with E-state index in [1.165, 1.54) is 11.3 Å². The Bertz CT molecular complexity index is 1280. The van der Waals surface area contributed by atoms with E-state index < -0.39 is 0 Å². The molecule has 2 atom stereocenters. The Balaban J connectivity index is 1.26. The minimum Gasteiger partial charge on any atom is -0.497 e. The highest BCUT2D eigenvalue weighted by Gasteiger charge is 2.44. The molecule has 1 fully saturated rings. The van der Waals surface area contributed by atoms with Gasteiger partial charge in [0.05, 0.1) is 25.6 Å². The van der Waals surface area contributed by atoms with Crippen molar-refractivity contribution < 1.29 is 14.3 Å². The van der Waals surface area contributed by atoms with E-state index in [1.807, 2.05) is 41.3 Å². The molecule has 2 aromatic heterocycles. The molecule has 1 aliphatic heterocycles. The lowest BCUT2D eigenvalue weighted by Gasteiger charge is -2.27. The summed E-state index contributed by atoms with van der Waals surface area (Å²) in [5, 5.41) is 13.4. The fourth-order valence-corrected chi connectivity index (χ4v) is 5.76. The molecule has 2 unspecified atom stereocenters. The monoisotopic (exact) mass is 472 g/mol. The number of rotatable bonds is 6. The Morgan fingerprint density at radius 3 is 2.88 bits per heavy atom. The van der Waals surface area contributed by atoms with Crippen LogP contribution in [0.2, 0.25) is 0 Å². The maximum atomic E-state index is 13.0. The van der Waals surface area contributed by atoms with Crippen LogP contribution in [0.3, 0.4) is 0 Å². The number of nitrogens with zero attached hydrogens (tertiary/aromatic N) is 3. The van der Waals surface area contributed by atoms with Crippen LogP contribution in [0.5, 0.6) is 5.75 Å². The first-order valence-corrected chi connectivity index (χ1v) is 12.0. The van der Waals surface area contributed by atoms with Crippen LogP contribution in [0.4, 0.5) is 5.00 Å². The molecule has 8 heteroatoms. The first-order valence-electron chi connectivity index (χ1n) is 11.2. The van der Waals surface area contributed by atoms with Crippen LogP contribution in [-0.2, 0) is 29.0 Å². The highest BCUT2D eigenvalue weighted by molar-refractivity contribution is 7.16. The Hall–Kier alpha value is -3.70. The Morgan fingerprint density at radius 2 is 2.12 bits per heavy atom. The van der Waals surface area contributed by atoms with Gasteiger partial charge < -0.3 is 15.0 Å². The van der Waals surface area contributed by atoms with E-state index >= 15 is 0 Å². The number of pyridine rings is 1. The molecular weight excluding hydrogens is 448 g/mol. The number of anilines is 1. The SMILES string of the molecule is COc1cccc(C2CC2C(=O)Nc2sc3c(c2C#N)CCN(C(=O)Cc2ccncc2)C3)c1. The average Bonchev–Trinajstić information content (AvgIpc) is 3.60. The van der Waals surface area contributed by atoms with Crippen molar-refractivity contribution in [1.29, 1.82) is 5.26 Å². The fraction of sp³-hybridized carbons (Fsp3) is 0.308. The fourth-order valence-electron chi connectivity index (χ4n) is 4.54. The minimum atomic E-state index is -0.115. The van der Waals surface area contributed by atoms with Gasteiger partial charge in [-0.2, -0.15) is 5.26 Å². The third kappa shape index (κ3) is 4.39. The van der Waals surface area contributed by atoms with E-state index in [2.05, 4.69) is 16.4 Å². The van der Waals surface area contributed by atoms with Crippen LogP contribution < -0.4 is 10.1 Å². The number of aromatic nitrogens is 1. The van der Waals surface area contributed by atoms with Gasteiger partial charge in [-0.25, -0.2) is 0 Å². The highest BCUT2D eigenvalue weighted by Crippen LogP contribution is 2.49. The van der Waals surface area contributed by atoms with Crippen molar-refractivity contribution in [2.45, 2.75) is 31.7 Å². The molecule has 0 spiro atoms. The lowest BCUT2D eigenvalue weighted by Crippen LogP contribution is -2.36. The Morgan fingerprint density at radius 1 is 1.29 bits per heavy atom. The predicted octanol–water partition coefficient (Wildman–Crippen LogP) is 3.89. The zero-order valence-electron chi connectivity index (χ0n) is 18.8. The van der Waals surface area contributed by atoms with Gasteiger partial charge in [-0.05, 0) is 59.7 Å². The van der Waals surface area contributed by atoms with Crippen LogP contribution in [0, 0.1) is 17.2 Å². The number of nitriles is 1. The number of carbonyl (C=O) groups excluding carboxylic acids is 2. The van der Waals surface area contributed by atoms with Gasteiger partial charge in [0.2, 0.25) is 11.8 Å². The second-order valence-corrected chi connectivity index (χ2v) is 9.74. The smallest absolute Gasteiger partial charge is 0.228 e. The maximum absolute atomic E-state index is 13.0. The zero-order chi connectivity index (χ0) is 23.7. The summed E-state index contributed by atoms with van der Waals surface area (Å²) in [5.74, 6) is 0.819. The van der Waals surface area contributed by atoms with Gasteiger partial charge in [0.25, 0.3) is 0 Å². The summed E-state index contributed by atoms with van der Waals surface area (Å²) in [4.78, 5) is 32.5. The van der Waals surface area contributed by atoms with E-state index in [0.717, 1.165) is 33.7 Å². The third-order valence-electron chi connectivity index (χ3n) is 6.51. The molecule has 1 aliphatic carbocycles. The molecule has 2 amide bonds. The summed E-state index contributed by atoms with van der Waals surface area (Å²) in [6, 6.07) is 13.8. The first-order chi connectivity index (χ1) is 16.6. The van der Waals surface area contributed by atoms with Crippen molar-refractivity contribution in [2.75, 3.05) is 19.0 Å². The number of thiophene rings is 1. The van der Waals surface area contributed by atoms with Gasteiger partial charge in [0.1, 0.15) is 16.8 Å². The second-order valence-electron chi connectivity index (χ2n) is 8.63. The standard InChI is InChI=1S/C26H24N4O3S/c1-33-18-4-2-3-17(12-18)20-13-21(20)25(32)29-26-22(14-27)19-7-10-30(15-23(19)34-26)24(31)11-16-5-8-28-9-6-16/h2-6,8-9,12,20-21H,7,10-11,13,15H2,1H3,(H,29,32). The van der Waals surface area contributed by atoms with Crippen LogP contribution in [0.15, 0.2) is 48.8 Å². The van der Waals surface area contributed by atoms with Crippen LogP contribution in [-0.4, -0.2) is 35.4 Å². The quantitative estimate of drug-likeness (QED) is 0.587. The summed E-state index contributed by atoms with van der Waals surface area (Å²) in [7, 11) is 1.63. The molecule has 34 heavy (non-hydrogen) atoms. The lowest BCUT2D eigenvalue weighted by molar-refractivity contribution is -0.131. The Labute approximate surface area is 202 Å². The number of methoxy groups -OCH3 is 1. The molecule has 0 saturated heterocycles. The van der Waals surface area contributed by atoms with Crippen LogP contribution in [0.25, 0.3) is 0 Å².